The first-order valence-electron chi connectivity index (χ1n) is 25.7. The maximum atomic E-state index is 13.2. The third-order valence-electron chi connectivity index (χ3n) is 12.5. The van der Waals surface area contributed by atoms with Crippen LogP contribution in [0.15, 0.2) is 157 Å². The van der Waals surface area contributed by atoms with E-state index in [9.17, 15) is 28.0 Å². The van der Waals surface area contributed by atoms with Crippen LogP contribution in [0.2, 0.25) is 13.3 Å². The smallest absolute Gasteiger partial charge is 0.378 e. The Bertz CT molecular complexity index is 3240. The number of rotatable bonds is 23. The zero-order chi connectivity index (χ0) is 55.9. The molecule has 0 amide bonds. The van der Waals surface area contributed by atoms with Crippen LogP contribution in [0.3, 0.4) is 0 Å². The Morgan fingerprint density at radius 3 is 1.47 bits per heavy atom. The Balaban J connectivity index is 0.000000195. The van der Waals surface area contributed by atoms with Gasteiger partial charge in [-0.3, -0.25) is 9.59 Å². The molecule has 4 aromatic carbocycles. The second-order valence-electron chi connectivity index (χ2n) is 18.2. The summed E-state index contributed by atoms with van der Waals surface area (Å²) in [4.78, 5) is 60.4. The molecule has 0 aliphatic carbocycles. The molecule has 0 unspecified atom stereocenters. The monoisotopic (exact) mass is 1270 g/mol. The van der Waals surface area contributed by atoms with Gasteiger partial charge in [-0.1, -0.05) is 72.8 Å². The Morgan fingerprint density at radius 2 is 1.01 bits per heavy atom. The molecule has 18 heteroatoms. The van der Waals surface area contributed by atoms with Gasteiger partial charge >= 0.3 is 180 Å². The minimum Gasteiger partial charge on any atom is -0.481 e. The molecule has 0 bridgehead atoms. The average Bonchev–Trinajstić information content (AvgIpc) is 4.19. The fourth-order valence-electron chi connectivity index (χ4n) is 8.21. The van der Waals surface area contributed by atoms with Gasteiger partial charge in [-0.2, -0.15) is 0 Å². The van der Waals surface area contributed by atoms with Crippen LogP contribution in [0.5, 0.6) is 11.5 Å². The summed E-state index contributed by atoms with van der Waals surface area (Å²) in [7, 11) is 2.39. The van der Waals surface area contributed by atoms with E-state index in [1.165, 1.54) is 106 Å². The molecule has 78 heavy (non-hydrogen) atoms. The van der Waals surface area contributed by atoms with E-state index in [4.69, 9.17) is 28.0 Å². The number of aromatic nitrogens is 2. The summed E-state index contributed by atoms with van der Waals surface area (Å²) in [6.07, 6.45) is 15.5. The Morgan fingerprint density at radius 1 is 0.577 bits per heavy atom. The number of ether oxygens (including phenoxy) is 4. The van der Waals surface area contributed by atoms with Gasteiger partial charge in [0.1, 0.15) is 41.0 Å². The van der Waals surface area contributed by atoms with Crippen LogP contribution in [0.1, 0.15) is 112 Å². The summed E-state index contributed by atoms with van der Waals surface area (Å²) in [5, 5.41) is 0.428. The van der Waals surface area contributed by atoms with Crippen LogP contribution in [0, 0.1) is 11.6 Å². The van der Waals surface area contributed by atoms with Gasteiger partial charge in [0.2, 0.25) is 22.4 Å². The number of thiazole rings is 2. The molecule has 8 aromatic rings. The SMILES string of the molecule is CCC[CH2][Sn]([CH2]CCC)([CH2]CCC)[c]1ncc(Cc2ccc(F)cc2)s1.COC(=O)c1occ(-c2ncc(Cc3ccc(F)cc3)s2)c(=O)c1OCc1ccccc1.COC(=O)c1occ(Br)c(=O)c1OCc1ccccc1. The first-order chi connectivity index (χ1) is 37.8. The van der Waals surface area contributed by atoms with Crippen molar-refractivity contribution in [2.45, 2.75) is 98.7 Å². The van der Waals surface area contributed by atoms with Gasteiger partial charge < -0.3 is 27.8 Å². The van der Waals surface area contributed by atoms with E-state index in [0.29, 0.717) is 11.4 Å². The largest absolute Gasteiger partial charge is 0.481 e. The van der Waals surface area contributed by atoms with Crippen molar-refractivity contribution in [3.63, 3.8) is 0 Å². The number of halogens is 3. The molecule has 410 valence electrons. The summed E-state index contributed by atoms with van der Waals surface area (Å²) in [5.41, 5.74) is 2.98. The molecular formula is C60H63BrF2N2O10S2Sn. The van der Waals surface area contributed by atoms with E-state index in [2.05, 4.69) is 52.6 Å². The third kappa shape index (κ3) is 17.6. The molecule has 0 aliphatic rings. The maximum absolute atomic E-state index is 13.2. The van der Waals surface area contributed by atoms with E-state index < -0.39 is 41.2 Å². The third-order valence-corrected chi connectivity index (χ3v) is 32.8. The van der Waals surface area contributed by atoms with Crippen LogP contribution in [-0.4, -0.2) is 54.5 Å². The number of unbranched alkanes of at least 4 members (excludes halogenated alkanes) is 3. The van der Waals surface area contributed by atoms with Crippen molar-refractivity contribution in [2.75, 3.05) is 14.2 Å². The van der Waals surface area contributed by atoms with Crippen molar-refractivity contribution in [1.29, 1.82) is 0 Å². The molecule has 0 saturated heterocycles. The van der Waals surface area contributed by atoms with Crippen LogP contribution < -0.4 is 23.4 Å². The van der Waals surface area contributed by atoms with Gasteiger partial charge in [-0.15, -0.1) is 11.3 Å². The van der Waals surface area contributed by atoms with Gasteiger partial charge in [-0.25, -0.2) is 19.0 Å². The van der Waals surface area contributed by atoms with Crippen molar-refractivity contribution < 1.29 is 46.2 Å². The summed E-state index contributed by atoms with van der Waals surface area (Å²) in [6.45, 7) is 7.17. The number of carbonyl (C=O) groups is 2. The van der Waals surface area contributed by atoms with Crippen molar-refractivity contribution in [1.82, 2.24) is 9.97 Å². The van der Waals surface area contributed by atoms with Gasteiger partial charge in [0.05, 0.1) is 19.8 Å². The molecule has 4 heterocycles. The van der Waals surface area contributed by atoms with Gasteiger partial charge in [0.15, 0.2) is 0 Å². The number of esters is 2. The zero-order valence-corrected chi connectivity index (χ0v) is 50.4. The van der Waals surface area contributed by atoms with Crippen molar-refractivity contribution in [2.24, 2.45) is 0 Å². The van der Waals surface area contributed by atoms with Crippen LogP contribution in [0.25, 0.3) is 10.6 Å². The van der Waals surface area contributed by atoms with E-state index in [0.717, 1.165) is 34.3 Å². The van der Waals surface area contributed by atoms with Gasteiger partial charge in [0.25, 0.3) is 11.5 Å². The number of carbonyl (C=O) groups excluding carboxylic acids is 2. The van der Waals surface area contributed by atoms with Gasteiger partial charge in [0, 0.05) is 17.5 Å². The Hall–Kier alpha value is -6.28. The number of hydrogen-bond acceptors (Lipinski definition) is 14. The van der Waals surface area contributed by atoms with E-state index in [-0.39, 0.29) is 57.9 Å². The molecule has 8 rings (SSSR count). The molecule has 0 fully saturated rings. The summed E-state index contributed by atoms with van der Waals surface area (Å²) < 4.78 is 63.3. The van der Waals surface area contributed by atoms with Crippen LogP contribution in [-0.2, 0) is 35.5 Å². The van der Waals surface area contributed by atoms with E-state index in [1.807, 2.05) is 84.1 Å². The minimum atomic E-state index is -2.39. The summed E-state index contributed by atoms with van der Waals surface area (Å²) in [5.74, 6) is -3.00. The van der Waals surface area contributed by atoms with E-state index in [1.54, 1.807) is 33.5 Å². The molecule has 0 spiro atoms. The minimum absolute atomic E-state index is 0.0761. The van der Waals surface area contributed by atoms with Crippen molar-refractivity contribution in [3.05, 3.63) is 214 Å². The second kappa shape index (κ2) is 31.3. The van der Waals surface area contributed by atoms with E-state index >= 15 is 0 Å². The van der Waals surface area contributed by atoms with Crippen molar-refractivity contribution >= 4 is 71.9 Å². The quantitative estimate of drug-likeness (QED) is 0.0442. The Labute approximate surface area is 473 Å². The number of hydrogen-bond donors (Lipinski definition) is 0. The normalized spacial score (nSPS) is 10.9. The molecule has 0 N–H and O–H groups in total. The topological polar surface area (TPSA) is 157 Å². The number of nitrogens with zero attached hydrogens (tertiary/aromatic N) is 2. The molecule has 12 nitrogen and oxygen atoms in total. The second-order valence-corrected chi connectivity index (χ2v) is 35.3. The number of methoxy groups -OCH3 is 2. The fourth-order valence-corrected chi connectivity index (χ4v) is 29.1. The van der Waals surface area contributed by atoms with Crippen LogP contribution >= 0.6 is 38.6 Å². The van der Waals surface area contributed by atoms with Gasteiger partial charge in [-0.05, 0) is 44.8 Å². The average molecular weight is 1270 g/mol. The van der Waals surface area contributed by atoms with Crippen LogP contribution in [0.4, 0.5) is 8.78 Å². The molecule has 0 atom stereocenters. The Kier molecular flexibility index (Phi) is 24.5. The summed E-state index contributed by atoms with van der Waals surface area (Å²) in [6, 6.07) is 31.6. The molecule has 4 aromatic heterocycles. The molecular weight excluding hydrogens is 1210 g/mol. The molecule has 0 radical (unpaired) electrons. The first kappa shape index (κ1) is 60.9. The predicted octanol–water partition coefficient (Wildman–Crippen LogP) is 14.6. The first-order valence-corrected chi connectivity index (χ1v) is 35.6. The molecule has 0 aliphatic heterocycles. The summed E-state index contributed by atoms with van der Waals surface area (Å²) >= 11 is 3.94. The fraction of sp³-hybridized carbons (Fsp3) is 0.300. The molecule has 0 saturated carbocycles. The maximum Gasteiger partial charge on any atom is 0.378 e. The predicted molar refractivity (Wildman–Crippen MR) is 308 cm³/mol. The zero-order valence-electron chi connectivity index (χ0n) is 44.3. The standard InChI is InChI=1S/C24H18FNO5S.C14H11BrO5.C10H7FNS.3C4H9.Sn/c1-29-24(28)22-21(30-13-16-5-3-2-4-6-16)20(27)19(14-31-22)23-26-12-18(32-23)11-15-7-9-17(25)10-8-15;1-18-14(17)13-12(11(16)10(15)8-20-13)19-7-9-5-3-2-4-6-9;11-9-3-1-8(2-4-9)5-10-6-12-7-13-10;3*1-3-4-2;/h2-10,12,14H,11,13H2,1H3;2-6,8H,7H2,1H3;1-4,6H,5H2;3*1,3-4H2,2H3;. The number of benzene rings is 4. The van der Waals surface area contributed by atoms with Crippen molar-refractivity contribution in [3.8, 4) is 22.1 Å².